The molecule has 3 aromatic heterocycles. The zero-order chi connectivity index (χ0) is 20.0. The smallest absolute Gasteiger partial charge is 0.220 e. The number of amides is 1. The second-order valence-corrected chi connectivity index (χ2v) is 8.26. The molecule has 5 rings (SSSR count). The van der Waals surface area contributed by atoms with Crippen molar-refractivity contribution in [3.8, 4) is 6.07 Å². The van der Waals surface area contributed by atoms with Crippen molar-refractivity contribution in [1.29, 1.82) is 5.26 Å². The van der Waals surface area contributed by atoms with E-state index in [-0.39, 0.29) is 17.9 Å². The summed E-state index contributed by atoms with van der Waals surface area (Å²) in [4.78, 5) is 27.0. The minimum Gasteiger partial charge on any atom is -0.355 e. The lowest BCUT2D eigenvalue weighted by Crippen LogP contribution is -2.40. The SMILES string of the molecule is CC(CC#N)N1CCC(n2c(C3CNC(=O)C3)nc3cnc4[nH]ccc4c32)CC1. The summed E-state index contributed by atoms with van der Waals surface area (Å²) in [6.07, 6.45) is 6.83. The summed E-state index contributed by atoms with van der Waals surface area (Å²) in [5, 5.41) is 13.1. The van der Waals surface area contributed by atoms with Gasteiger partial charge in [-0.2, -0.15) is 5.26 Å². The topological polar surface area (TPSA) is 103 Å². The Bertz CT molecular complexity index is 1100. The first kappa shape index (κ1) is 18.1. The molecule has 150 valence electrons. The minimum absolute atomic E-state index is 0.0960. The summed E-state index contributed by atoms with van der Waals surface area (Å²) in [6.45, 7) is 4.71. The largest absolute Gasteiger partial charge is 0.355 e. The minimum atomic E-state index is 0.0960. The molecule has 1 amide bonds. The van der Waals surface area contributed by atoms with Crippen molar-refractivity contribution in [3.63, 3.8) is 0 Å². The van der Waals surface area contributed by atoms with E-state index in [4.69, 9.17) is 10.2 Å². The molecule has 2 saturated heterocycles. The molecule has 2 fully saturated rings. The van der Waals surface area contributed by atoms with Gasteiger partial charge in [0.2, 0.25) is 5.91 Å². The van der Waals surface area contributed by atoms with Crippen LogP contribution in [0.4, 0.5) is 0 Å². The highest BCUT2D eigenvalue weighted by molar-refractivity contribution is 6.01. The molecule has 0 aliphatic carbocycles. The second kappa shape index (κ2) is 7.16. The lowest BCUT2D eigenvalue weighted by atomic mass is 10.0. The third kappa shape index (κ3) is 3.06. The predicted molar refractivity (Wildman–Crippen MR) is 109 cm³/mol. The number of carbonyl (C=O) groups excluding carboxylic acids is 1. The first-order valence-corrected chi connectivity index (χ1v) is 10.4. The van der Waals surface area contributed by atoms with Gasteiger partial charge in [0.1, 0.15) is 17.0 Å². The Kier molecular flexibility index (Phi) is 4.47. The highest BCUT2D eigenvalue weighted by atomic mass is 16.1. The number of hydrogen-bond acceptors (Lipinski definition) is 5. The molecule has 2 aliphatic heterocycles. The van der Waals surface area contributed by atoms with E-state index < -0.39 is 0 Å². The number of pyridine rings is 1. The van der Waals surface area contributed by atoms with Crippen LogP contribution in [0, 0.1) is 11.3 Å². The third-order valence-electron chi connectivity index (χ3n) is 6.48. The number of fused-ring (bicyclic) bond motifs is 3. The number of likely N-dealkylation sites (tertiary alicyclic amines) is 1. The fourth-order valence-corrected chi connectivity index (χ4v) is 4.90. The van der Waals surface area contributed by atoms with Crippen molar-refractivity contribution in [2.24, 2.45) is 0 Å². The van der Waals surface area contributed by atoms with Crippen LogP contribution in [0.5, 0.6) is 0 Å². The Morgan fingerprint density at radius 3 is 2.93 bits per heavy atom. The van der Waals surface area contributed by atoms with E-state index in [1.807, 2.05) is 12.4 Å². The van der Waals surface area contributed by atoms with Crippen molar-refractivity contribution in [2.75, 3.05) is 19.6 Å². The first-order chi connectivity index (χ1) is 14.2. The van der Waals surface area contributed by atoms with E-state index in [1.165, 1.54) is 0 Å². The highest BCUT2D eigenvalue weighted by Crippen LogP contribution is 2.36. The van der Waals surface area contributed by atoms with Gasteiger partial charge in [-0.3, -0.25) is 9.69 Å². The average molecular weight is 391 g/mol. The van der Waals surface area contributed by atoms with E-state index in [2.05, 4.69) is 43.8 Å². The van der Waals surface area contributed by atoms with Crippen molar-refractivity contribution >= 4 is 28.0 Å². The lowest BCUT2D eigenvalue weighted by molar-refractivity contribution is -0.119. The molecule has 8 heteroatoms. The molecule has 0 spiro atoms. The second-order valence-electron chi connectivity index (χ2n) is 8.26. The summed E-state index contributed by atoms with van der Waals surface area (Å²) in [7, 11) is 0. The van der Waals surface area contributed by atoms with Gasteiger partial charge < -0.3 is 14.9 Å². The number of hydrogen-bond donors (Lipinski definition) is 2. The summed E-state index contributed by atoms with van der Waals surface area (Å²) in [6, 6.07) is 4.97. The number of imidazole rings is 1. The number of aromatic nitrogens is 4. The van der Waals surface area contributed by atoms with Crippen molar-refractivity contribution in [2.45, 2.75) is 50.6 Å². The van der Waals surface area contributed by atoms with Crippen molar-refractivity contribution in [3.05, 3.63) is 24.3 Å². The van der Waals surface area contributed by atoms with Gasteiger partial charge in [0.05, 0.1) is 24.2 Å². The Morgan fingerprint density at radius 2 is 2.21 bits per heavy atom. The molecule has 0 aromatic carbocycles. The Hall–Kier alpha value is -2.92. The molecule has 29 heavy (non-hydrogen) atoms. The van der Waals surface area contributed by atoms with Gasteiger partial charge in [0, 0.05) is 55.6 Å². The monoisotopic (exact) mass is 391 g/mol. The predicted octanol–water partition coefficient (Wildman–Crippen LogP) is 2.46. The number of nitrogens with one attached hydrogen (secondary N) is 2. The van der Waals surface area contributed by atoms with E-state index in [0.29, 0.717) is 25.4 Å². The molecule has 2 atom stereocenters. The molecule has 0 saturated carbocycles. The zero-order valence-corrected chi connectivity index (χ0v) is 16.6. The van der Waals surface area contributed by atoms with Gasteiger partial charge in [0.25, 0.3) is 0 Å². The molecule has 2 unspecified atom stereocenters. The molecule has 0 radical (unpaired) electrons. The van der Waals surface area contributed by atoms with Crippen LogP contribution in [0.1, 0.15) is 50.4 Å². The molecular formula is C21H25N7O. The van der Waals surface area contributed by atoms with Crippen LogP contribution in [0.2, 0.25) is 0 Å². The normalized spacial score (nSPS) is 22.2. The number of aromatic amines is 1. The molecule has 5 heterocycles. The fourth-order valence-electron chi connectivity index (χ4n) is 4.90. The summed E-state index contributed by atoms with van der Waals surface area (Å²) in [5.74, 6) is 1.19. The van der Waals surface area contributed by atoms with Crippen molar-refractivity contribution < 1.29 is 4.79 Å². The number of rotatable bonds is 4. The molecule has 2 N–H and O–H groups in total. The maximum absolute atomic E-state index is 11.9. The Morgan fingerprint density at radius 1 is 1.38 bits per heavy atom. The van der Waals surface area contributed by atoms with E-state index in [0.717, 1.165) is 53.8 Å². The lowest BCUT2D eigenvalue weighted by Gasteiger charge is -2.36. The maximum atomic E-state index is 11.9. The van der Waals surface area contributed by atoms with Gasteiger partial charge in [-0.1, -0.05) is 0 Å². The van der Waals surface area contributed by atoms with Crippen LogP contribution in [0.15, 0.2) is 18.5 Å². The fraction of sp³-hybridized carbons (Fsp3) is 0.524. The van der Waals surface area contributed by atoms with Crippen LogP contribution in [-0.2, 0) is 4.79 Å². The first-order valence-electron chi connectivity index (χ1n) is 10.4. The van der Waals surface area contributed by atoms with Gasteiger partial charge in [-0.25, -0.2) is 9.97 Å². The Labute approximate surface area is 168 Å². The summed E-state index contributed by atoms with van der Waals surface area (Å²) >= 11 is 0. The molecule has 3 aromatic rings. The Balaban J connectivity index is 1.55. The van der Waals surface area contributed by atoms with Gasteiger partial charge in [0.15, 0.2) is 0 Å². The van der Waals surface area contributed by atoms with Crippen molar-refractivity contribution in [1.82, 2.24) is 29.7 Å². The van der Waals surface area contributed by atoms with Crippen LogP contribution < -0.4 is 5.32 Å². The summed E-state index contributed by atoms with van der Waals surface area (Å²) < 4.78 is 2.39. The van der Waals surface area contributed by atoms with Crippen LogP contribution >= 0.6 is 0 Å². The van der Waals surface area contributed by atoms with Gasteiger partial charge >= 0.3 is 0 Å². The molecule has 0 bridgehead atoms. The summed E-state index contributed by atoms with van der Waals surface area (Å²) in [5.41, 5.74) is 2.88. The van der Waals surface area contributed by atoms with Crippen LogP contribution in [-0.4, -0.2) is 56.0 Å². The maximum Gasteiger partial charge on any atom is 0.220 e. The number of piperidine rings is 1. The number of carbonyl (C=O) groups is 1. The quantitative estimate of drug-likeness (QED) is 0.711. The van der Waals surface area contributed by atoms with Gasteiger partial charge in [-0.15, -0.1) is 0 Å². The zero-order valence-electron chi connectivity index (χ0n) is 16.6. The molecular weight excluding hydrogens is 366 g/mol. The standard InChI is InChI=1S/C21H25N7O/c1-13(2-6-22)27-8-4-15(5-9-27)28-19-16-3-7-23-20(16)25-12-17(19)26-21(28)14-10-18(29)24-11-14/h3,7,12-15H,2,4-5,8-11H2,1H3,(H,23,25)(H,24,29). The average Bonchev–Trinajstić information content (AvgIpc) is 3.45. The molecule has 8 nitrogen and oxygen atoms in total. The number of nitriles is 1. The van der Waals surface area contributed by atoms with Crippen LogP contribution in [0.3, 0.4) is 0 Å². The van der Waals surface area contributed by atoms with Gasteiger partial charge in [-0.05, 0) is 25.8 Å². The number of H-pyrrole nitrogens is 1. The van der Waals surface area contributed by atoms with E-state index in [1.54, 1.807) is 0 Å². The third-order valence-corrected chi connectivity index (χ3v) is 6.48. The van der Waals surface area contributed by atoms with Crippen LogP contribution in [0.25, 0.3) is 22.1 Å². The number of nitrogens with zero attached hydrogens (tertiary/aromatic N) is 5. The highest BCUT2D eigenvalue weighted by Gasteiger charge is 2.33. The molecule has 2 aliphatic rings. The van der Waals surface area contributed by atoms with E-state index >= 15 is 0 Å². The van der Waals surface area contributed by atoms with E-state index in [9.17, 15) is 4.79 Å².